The Kier molecular flexibility index (Phi) is 5.32. The third-order valence-electron chi connectivity index (χ3n) is 3.13. The van der Waals surface area contributed by atoms with Gasteiger partial charge in [0, 0.05) is 12.6 Å². The Hall–Kier alpha value is -2.71. The molecule has 7 nitrogen and oxygen atoms in total. The van der Waals surface area contributed by atoms with Gasteiger partial charge >= 0.3 is 0 Å². The zero-order valence-electron chi connectivity index (χ0n) is 12.7. The highest BCUT2D eigenvalue weighted by molar-refractivity contribution is 7.89. The Balaban J connectivity index is 2.26. The van der Waals surface area contributed by atoms with E-state index < -0.39 is 22.0 Å². The molecule has 0 spiro atoms. The zero-order chi connectivity index (χ0) is 17.7. The van der Waals surface area contributed by atoms with E-state index in [9.17, 15) is 23.1 Å². The van der Waals surface area contributed by atoms with Gasteiger partial charge in [0.2, 0.25) is 15.9 Å². The normalized spacial score (nSPS) is 12.4. The van der Waals surface area contributed by atoms with Crippen molar-refractivity contribution < 1.29 is 23.1 Å². The largest absolute Gasteiger partial charge is 0.548 e. The van der Waals surface area contributed by atoms with E-state index in [1.54, 1.807) is 18.2 Å². The molecule has 0 aliphatic carbocycles. The van der Waals surface area contributed by atoms with Gasteiger partial charge in [-0.25, -0.2) is 8.42 Å². The second kappa shape index (κ2) is 7.24. The molecule has 2 N–H and O–H groups in total. The number of sulfonamides is 1. The van der Waals surface area contributed by atoms with Crippen molar-refractivity contribution in [2.45, 2.75) is 17.9 Å². The average molecular weight is 347 g/mol. The number of hydrogen-bond donors (Lipinski definition) is 2. The van der Waals surface area contributed by atoms with Gasteiger partial charge in [-0.15, -0.1) is 0 Å². The van der Waals surface area contributed by atoms with Crippen molar-refractivity contribution >= 4 is 27.6 Å². The van der Waals surface area contributed by atoms with E-state index in [0.717, 1.165) is 0 Å². The van der Waals surface area contributed by atoms with Gasteiger partial charge < -0.3 is 15.2 Å². The summed E-state index contributed by atoms with van der Waals surface area (Å²) >= 11 is 0. The number of carboxylic acid groups (broad SMARTS) is 1. The van der Waals surface area contributed by atoms with E-state index in [1.807, 2.05) is 0 Å². The summed E-state index contributed by atoms with van der Waals surface area (Å²) in [6, 6.07) is 11.7. The molecule has 0 aliphatic rings. The van der Waals surface area contributed by atoms with E-state index in [1.165, 1.54) is 43.3 Å². The summed E-state index contributed by atoms with van der Waals surface area (Å²) in [6.45, 7) is 1.33. The van der Waals surface area contributed by atoms with Crippen LogP contribution in [0, 0.1) is 0 Å². The molecule has 0 aromatic heterocycles. The Labute approximate surface area is 139 Å². The molecule has 0 saturated heterocycles. The molecule has 0 unspecified atom stereocenters. The topological polar surface area (TPSA) is 115 Å². The number of nitrogens with one attached hydrogen (secondary N) is 2. The van der Waals surface area contributed by atoms with E-state index in [-0.39, 0.29) is 16.4 Å². The lowest BCUT2D eigenvalue weighted by molar-refractivity contribution is -0.308. The maximum absolute atomic E-state index is 12.4. The number of anilines is 1. The van der Waals surface area contributed by atoms with Crippen LogP contribution in [-0.2, 0) is 19.6 Å². The standard InChI is InChI=1S/C16H16N2O5S/c1-11(19)17-13-7-9-14(10-8-13)24(22,23)18-15(16(20)21)12-5-3-2-4-6-12/h2-10,15,18H,1H3,(H,17,19)(H,20,21)/p-1/t15-/m0/s1. The molecule has 2 aromatic carbocycles. The average Bonchev–Trinajstić information content (AvgIpc) is 2.53. The van der Waals surface area contributed by atoms with Crippen LogP contribution in [0.5, 0.6) is 0 Å². The molecule has 126 valence electrons. The van der Waals surface area contributed by atoms with Crippen LogP contribution in [0.4, 0.5) is 5.69 Å². The van der Waals surface area contributed by atoms with Crippen molar-refractivity contribution in [3.63, 3.8) is 0 Å². The first-order valence-corrected chi connectivity index (χ1v) is 8.44. The van der Waals surface area contributed by atoms with Gasteiger partial charge in [0.1, 0.15) is 0 Å². The molecule has 0 aliphatic heterocycles. The van der Waals surface area contributed by atoms with Gasteiger partial charge in [0.05, 0.1) is 16.9 Å². The molecule has 8 heteroatoms. The molecule has 0 bridgehead atoms. The van der Waals surface area contributed by atoms with Crippen LogP contribution in [0.1, 0.15) is 18.5 Å². The van der Waals surface area contributed by atoms with E-state index in [2.05, 4.69) is 10.0 Å². The highest BCUT2D eigenvalue weighted by Gasteiger charge is 2.22. The van der Waals surface area contributed by atoms with E-state index in [0.29, 0.717) is 5.69 Å². The summed E-state index contributed by atoms with van der Waals surface area (Å²) in [6.07, 6.45) is 0. The Morgan fingerprint density at radius 1 is 1.00 bits per heavy atom. The number of rotatable bonds is 6. The van der Waals surface area contributed by atoms with Crippen molar-refractivity contribution in [2.75, 3.05) is 5.32 Å². The van der Waals surface area contributed by atoms with Crippen molar-refractivity contribution in [1.29, 1.82) is 0 Å². The van der Waals surface area contributed by atoms with Gasteiger partial charge in [-0.2, -0.15) is 4.72 Å². The minimum atomic E-state index is -4.08. The van der Waals surface area contributed by atoms with Crippen molar-refractivity contribution in [2.24, 2.45) is 0 Å². The van der Waals surface area contributed by atoms with Gasteiger partial charge in [-0.05, 0) is 29.8 Å². The molecular formula is C16H15N2O5S-. The lowest BCUT2D eigenvalue weighted by atomic mass is 10.1. The first-order chi connectivity index (χ1) is 11.3. The summed E-state index contributed by atoms with van der Waals surface area (Å²) < 4.78 is 26.8. The van der Waals surface area contributed by atoms with Gasteiger partial charge in [0.25, 0.3) is 0 Å². The number of benzene rings is 2. The number of carboxylic acids is 1. The van der Waals surface area contributed by atoms with Crippen LogP contribution in [0.3, 0.4) is 0 Å². The molecule has 0 saturated carbocycles. The highest BCUT2D eigenvalue weighted by atomic mass is 32.2. The number of amides is 1. The summed E-state index contributed by atoms with van der Waals surface area (Å²) in [7, 11) is -4.08. The van der Waals surface area contributed by atoms with Crippen molar-refractivity contribution in [1.82, 2.24) is 4.72 Å². The van der Waals surface area contributed by atoms with Crippen molar-refractivity contribution in [3.8, 4) is 0 Å². The molecule has 1 atom stereocenters. The quantitative estimate of drug-likeness (QED) is 0.785. The van der Waals surface area contributed by atoms with Crippen LogP contribution in [0.25, 0.3) is 0 Å². The first kappa shape index (κ1) is 17.6. The maximum atomic E-state index is 12.4. The molecule has 0 radical (unpaired) electrons. The van der Waals surface area contributed by atoms with Gasteiger partial charge in [0.15, 0.2) is 0 Å². The smallest absolute Gasteiger partial charge is 0.241 e. The van der Waals surface area contributed by atoms with E-state index in [4.69, 9.17) is 0 Å². The van der Waals surface area contributed by atoms with E-state index >= 15 is 0 Å². The van der Waals surface area contributed by atoms with Gasteiger partial charge in [-0.1, -0.05) is 30.3 Å². The summed E-state index contributed by atoms with van der Waals surface area (Å²) in [5, 5.41) is 13.8. The monoisotopic (exact) mass is 347 g/mol. The molecule has 2 rings (SSSR count). The summed E-state index contributed by atoms with van der Waals surface area (Å²) in [5.74, 6) is -1.84. The predicted octanol–water partition coefficient (Wildman–Crippen LogP) is 0.415. The predicted molar refractivity (Wildman–Crippen MR) is 85.3 cm³/mol. The SMILES string of the molecule is CC(=O)Nc1ccc(S(=O)(=O)N[C@H](C(=O)[O-])c2ccccc2)cc1. The van der Waals surface area contributed by atoms with Crippen molar-refractivity contribution in [3.05, 3.63) is 60.2 Å². The van der Waals surface area contributed by atoms with Crippen LogP contribution < -0.4 is 15.1 Å². The lowest BCUT2D eigenvalue weighted by Gasteiger charge is -2.20. The Bertz CT molecular complexity index is 833. The van der Waals surface area contributed by atoms with Gasteiger partial charge in [-0.3, -0.25) is 4.79 Å². The van der Waals surface area contributed by atoms with Crippen LogP contribution in [0.2, 0.25) is 0 Å². The second-order valence-corrected chi connectivity index (χ2v) is 6.70. The summed E-state index contributed by atoms with van der Waals surface area (Å²) in [4.78, 5) is 22.1. The second-order valence-electron chi connectivity index (χ2n) is 4.99. The molecule has 0 fully saturated rings. The Morgan fingerprint density at radius 2 is 1.58 bits per heavy atom. The number of carbonyl (C=O) groups excluding carboxylic acids is 2. The third kappa shape index (κ3) is 4.40. The molecular weight excluding hydrogens is 332 g/mol. The molecule has 0 heterocycles. The fourth-order valence-corrected chi connectivity index (χ4v) is 3.21. The number of aliphatic carboxylic acids is 1. The fourth-order valence-electron chi connectivity index (χ4n) is 2.04. The maximum Gasteiger partial charge on any atom is 0.241 e. The lowest BCUT2D eigenvalue weighted by Crippen LogP contribution is -2.41. The number of hydrogen-bond acceptors (Lipinski definition) is 5. The zero-order valence-corrected chi connectivity index (χ0v) is 13.5. The summed E-state index contributed by atoms with van der Waals surface area (Å²) in [5.41, 5.74) is 0.692. The number of carbonyl (C=O) groups is 2. The first-order valence-electron chi connectivity index (χ1n) is 6.95. The van der Waals surface area contributed by atoms with Crippen LogP contribution >= 0.6 is 0 Å². The Morgan fingerprint density at radius 3 is 2.08 bits per heavy atom. The molecule has 2 aromatic rings. The van der Waals surface area contributed by atoms with Crippen LogP contribution in [-0.4, -0.2) is 20.3 Å². The third-order valence-corrected chi connectivity index (χ3v) is 4.57. The minimum Gasteiger partial charge on any atom is -0.548 e. The van der Waals surface area contributed by atoms with Crippen LogP contribution in [0.15, 0.2) is 59.5 Å². The fraction of sp³-hybridized carbons (Fsp3) is 0.125. The minimum absolute atomic E-state index is 0.126. The molecule has 24 heavy (non-hydrogen) atoms. The molecule has 1 amide bonds. The highest BCUT2D eigenvalue weighted by Crippen LogP contribution is 2.18.